The van der Waals surface area contributed by atoms with Gasteiger partial charge in [0.1, 0.15) is 17.2 Å². The number of hydrogen-bond acceptors (Lipinski definition) is 9. The molecule has 1 aliphatic rings. The molecular weight excluding hydrogens is 504 g/mol. The van der Waals surface area contributed by atoms with Crippen molar-refractivity contribution in [1.29, 1.82) is 0 Å². The predicted octanol–water partition coefficient (Wildman–Crippen LogP) is 1.91. The normalized spacial score (nSPS) is 18.4. The van der Waals surface area contributed by atoms with Crippen molar-refractivity contribution in [3.63, 3.8) is 0 Å². The largest absolute Gasteiger partial charge is 0.506 e. The van der Waals surface area contributed by atoms with Crippen LogP contribution in [-0.4, -0.2) is 68.6 Å². The van der Waals surface area contributed by atoms with E-state index in [-0.39, 0.29) is 28.8 Å². The number of sulfonamides is 1. The molecule has 0 unspecified atom stereocenters. The van der Waals surface area contributed by atoms with Crippen LogP contribution in [-0.2, 0) is 37.8 Å². The highest BCUT2D eigenvalue weighted by molar-refractivity contribution is 8.01. The number of carbonyl (C=O) groups excluding carboxylic acids is 2. The van der Waals surface area contributed by atoms with Crippen molar-refractivity contribution >= 4 is 45.3 Å². The number of rotatable bonds is 8. The Kier molecular flexibility index (Phi) is 7.85. The van der Waals surface area contributed by atoms with Gasteiger partial charge in [0, 0.05) is 31.0 Å². The lowest BCUT2D eigenvalue weighted by molar-refractivity contribution is -0.151. The molecule has 1 saturated heterocycles. The van der Waals surface area contributed by atoms with Crippen LogP contribution >= 0.6 is 23.4 Å². The zero-order chi connectivity index (χ0) is 25.3. The third kappa shape index (κ3) is 5.68. The van der Waals surface area contributed by atoms with Crippen LogP contribution in [0.25, 0.3) is 0 Å². The molecule has 1 aliphatic heterocycles. The molecule has 1 aromatic heterocycles. The van der Waals surface area contributed by atoms with Gasteiger partial charge in [0.25, 0.3) is 15.9 Å². The fourth-order valence-electron chi connectivity index (χ4n) is 3.44. The fraction of sp³-hybridized carbons (Fsp3) is 0.476. The van der Waals surface area contributed by atoms with E-state index in [0.29, 0.717) is 15.6 Å². The van der Waals surface area contributed by atoms with E-state index in [1.165, 1.54) is 47.1 Å². The molecule has 13 heteroatoms. The van der Waals surface area contributed by atoms with Gasteiger partial charge in [-0.15, -0.1) is 11.8 Å². The molecule has 0 aliphatic carbocycles. The summed E-state index contributed by atoms with van der Waals surface area (Å²) in [6, 6.07) is 2.71. The van der Waals surface area contributed by atoms with Gasteiger partial charge in [0.15, 0.2) is 5.03 Å². The summed E-state index contributed by atoms with van der Waals surface area (Å²) >= 11 is 7.27. The average molecular weight is 531 g/mol. The highest BCUT2D eigenvalue weighted by Gasteiger charge is 2.47. The number of esters is 1. The molecule has 3 rings (SSSR count). The molecule has 0 saturated carbocycles. The molecule has 0 bridgehead atoms. The second-order valence-electron chi connectivity index (χ2n) is 8.49. The van der Waals surface area contributed by atoms with Crippen molar-refractivity contribution in [2.75, 3.05) is 12.4 Å². The maximum Gasteiger partial charge on any atom is 0.330 e. The molecule has 1 aromatic carbocycles. The Balaban J connectivity index is 2.11. The third-order valence-corrected chi connectivity index (χ3v) is 8.60. The van der Waals surface area contributed by atoms with Gasteiger partial charge < -0.3 is 14.4 Å². The summed E-state index contributed by atoms with van der Waals surface area (Å²) in [7, 11) is -2.95. The minimum atomic E-state index is -4.54. The van der Waals surface area contributed by atoms with E-state index < -0.39 is 38.9 Å². The predicted molar refractivity (Wildman–Crippen MR) is 128 cm³/mol. The van der Waals surface area contributed by atoms with Crippen LogP contribution in [0.2, 0.25) is 5.02 Å². The van der Waals surface area contributed by atoms with Crippen molar-refractivity contribution < 1.29 is 27.9 Å². The number of phenolic OH excluding ortho intramolecular Hbond substituents is 1. The average Bonchev–Trinajstić information content (AvgIpc) is 3.35. The van der Waals surface area contributed by atoms with E-state index >= 15 is 0 Å². The minimum absolute atomic E-state index is 0.0131. The number of carbonyl (C=O) groups is 2. The van der Waals surface area contributed by atoms with E-state index in [0.717, 1.165) is 0 Å². The van der Waals surface area contributed by atoms with Gasteiger partial charge in [-0.05, 0) is 38.5 Å². The number of nitrogens with one attached hydrogen (secondary N) is 1. The molecule has 1 amide bonds. The Bertz CT molecular complexity index is 1180. The van der Waals surface area contributed by atoms with Crippen LogP contribution < -0.4 is 5.32 Å². The van der Waals surface area contributed by atoms with Crippen LogP contribution in [0.5, 0.6) is 5.75 Å². The van der Waals surface area contributed by atoms with Gasteiger partial charge in [-0.25, -0.2) is 14.1 Å². The number of imidazole rings is 1. The monoisotopic (exact) mass is 530 g/mol. The summed E-state index contributed by atoms with van der Waals surface area (Å²) in [5.41, 5.74) is 0.0252. The zero-order valence-electron chi connectivity index (χ0n) is 19.2. The first-order valence-corrected chi connectivity index (χ1v) is 13.3. The van der Waals surface area contributed by atoms with E-state index in [9.17, 15) is 23.1 Å². The smallest absolute Gasteiger partial charge is 0.330 e. The number of aromatic hydroxyl groups is 1. The van der Waals surface area contributed by atoms with Crippen LogP contribution in [0.15, 0.2) is 35.7 Å². The second-order valence-corrected chi connectivity index (χ2v) is 11.8. The summed E-state index contributed by atoms with van der Waals surface area (Å²) in [6.45, 7) is 5.36. The lowest BCUT2D eigenvalue weighted by atomic mass is 10.1. The maximum absolute atomic E-state index is 13.7. The van der Waals surface area contributed by atoms with E-state index in [2.05, 4.69) is 10.3 Å². The van der Waals surface area contributed by atoms with E-state index in [4.69, 9.17) is 16.3 Å². The molecule has 10 nitrogen and oxygen atoms in total. The van der Waals surface area contributed by atoms with Crippen molar-refractivity contribution in [3.8, 4) is 5.75 Å². The molecule has 2 N–H and O–H groups in total. The lowest BCUT2D eigenvalue weighted by Gasteiger charge is -2.31. The van der Waals surface area contributed by atoms with Crippen LogP contribution in [0.1, 0.15) is 26.3 Å². The first kappa shape index (κ1) is 26.3. The fourth-order valence-corrected chi connectivity index (χ4v) is 6.56. The van der Waals surface area contributed by atoms with Gasteiger partial charge in [0.05, 0.1) is 18.0 Å². The van der Waals surface area contributed by atoms with E-state index in [1.807, 2.05) is 13.8 Å². The van der Waals surface area contributed by atoms with Crippen LogP contribution in [0.3, 0.4) is 0 Å². The molecule has 34 heavy (non-hydrogen) atoms. The molecule has 1 fully saturated rings. The Morgan fingerprint density at radius 2 is 2.15 bits per heavy atom. The SMILES string of the molecule is CCOC(=O)[C@H](Cc1ccc(O)c(Cl)c1)N(C(=O)[C@H]1NC(C)(C)CS1)S(=O)(=O)c1cn(C)cn1. The van der Waals surface area contributed by atoms with Crippen molar-refractivity contribution in [2.24, 2.45) is 7.05 Å². The topological polar surface area (TPSA) is 131 Å². The molecule has 0 radical (unpaired) electrons. The highest BCUT2D eigenvalue weighted by atomic mass is 35.5. The Labute approximate surface area is 207 Å². The number of aromatic nitrogens is 2. The van der Waals surface area contributed by atoms with Gasteiger partial charge in [-0.2, -0.15) is 8.42 Å². The summed E-state index contributed by atoms with van der Waals surface area (Å²) < 4.78 is 34.5. The number of aryl methyl sites for hydroxylation is 1. The standard InChI is InChI=1S/C21H27ClN4O6S2/c1-5-32-20(29)15(9-13-6-7-16(27)14(22)8-13)26(19(28)18-24-21(2,3)11-33-18)34(30,31)17-10-25(4)12-23-17/h6-8,10,12,15,18,24,27H,5,9,11H2,1-4H3/t15-,18-/m0/s1. The second kappa shape index (κ2) is 10.1. The number of thioether (sulfide) groups is 1. The number of benzene rings is 1. The molecule has 186 valence electrons. The number of phenols is 1. The van der Waals surface area contributed by atoms with Crippen molar-refractivity contribution in [1.82, 2.24) is 19.2 Å². The van der Waals surface area contributed by atoms with Gasteiger partial charge >= 0.3 is 5.97 Å². The zero-order valence-corrected chi connectivity index (χ0v) is 21.6. The number of halogens is 1. The first-order valence-electron chi connectivity index (χ1n) is 10.5. The molecule has 2 heterocycles. The Hall–Kier alpha value is -2.28. The summed E-state index contributed by atoms with van der Waals surface area (Å²) in [5.74, 6) is -1.29. The molecule has 2 aromatic rings. The van der Waals surface area contributed by atoms with E-state index in [1.54, 1.807) is 14.0 Å². The van der Waals surface area contributed by atoms with Gasteiger partial charge in [-0.3, -0.25) is 10.1 Å². The Morgan fingerprint density at radius 1 is 1.44 bits per heavy atom. The Morgan fingerprint density at radius 3 is 2.68 bits per heavy atom. The molecule has 2 atom stereocenters. The summed E-state index contributed by atoms with van der Waals surface area (Å²) in [4.78, 5) is 30.6. The number of amides is 1. The maximum atomic E-state index is 13.7. The van der Waals surface area contributed by atoms with Crippen LogP contribution in [0.4, 0.5) is 0 Å². The third-order valence-electron chi connectivity index (χ3n) is 5.06. The van der Waals surface area contributed by atoms with Crippen LogP contribution in [0, 0.1) is 0 Å². The van der Waals surface area contributed by atoms with Gasteiger partial charge in [-0.1, -0.05) is 17.7 Å². The number of nitrogens with zero attached hydrogens (tertiary/aromatic N) is 3. The first-order chi connectivity index (χ1) is 15.9. The minimum Gasteiger partial charge on any atom is -0.506 e. The number of hydrogen-bond donors (Lipinski definition) is 2. The quantitative estimate of drug-likeness (QED) is 0.491. The highest BCUT2D eigenvalue weighted by Crippen LogP contribution is 2.31. The molecular formula is C21H27ClN4O6S2. The summed E-state index contributed by atoms with van der Waals surface area (Å²) in [6.07, 6.45) is 2.34. The van der Waals surface area contributed by atoms with Crippen molar-refractivity contribution in [3.05, 3.63) is 41.3 Å². The number of ether oxygens (including phenoxy) is 1. The molecule has 0 spiro atoms. The lowest BCUT2D eigenvalue weighted by Crippen LogP contribution is -2.56. The summed E-state index contributed by atoms with van der Waals surface area (Å²) in [5, 5.41) is 11.6. The van der Waals surface area contributed by atoms with Gasteiger partial charge in [0.2, 0.25) is 0 Å². The van der Waals surface area contributed by atoms with Crippen molar-refractivity contribution in [2.45, 2.75) is 49.2 Å².